The van der Waals surface area contributed by atoms with Crippen LogP contribution in [0.5, 0.6) is 0 Å². The van der Waals surface area contributed by atoms with E-state index in [1.54, 1.807) is 35.6 Å². The van der Waals surface area contributed by atoms with Gasteiger partial charge in [0, 0.05) is 12.7 Å². The molecule has 150 valence electrons. The molecular formula is C20H21ClN6O2. The minimum atomic E-state index is -0.410. The van der Waals surface area contributed by atoms with E-state index in [9.17, 15) is 4.79 Å². The van der Waals surface area contributed by atoms with Crippen molar-refractivity contribution in [2.24, 2.45) is 0 Å². The first kappa shape index (κ1) is 19.4. The van der Waals surface area contributed by atoms with Crippen molar-refractivity contribution in [2.45, 2.75) is 19.6 Å². The first-order valence-electron chi connectivity index (χ1n) is 9.37. The van der Waals surface area contributed by atoms with Gasteiger partial charge in [0.1, 0.15) is 12.0 Å². The second-order valence-electron chi connectivity index (χ2n) is 6.76. The molecule has 1 amide bonds. The molecular weight excluding hydrogens is 392 g/mol. The number of pyridine rings is 1. The van der Waals surface area contributed by atoms with E-state index in [0.29, 0.717) is 41.8 Å². The van der Waals surface area contributed by atoms with Crippen LogP contribution in [0.25, 0.3) is 5.69 Å². The maximum atomic E-state index is 13.5. The number of amides is 1. The SMILES string of the molecule is Cc1ccc(-n2nccn2)c(C(=O)N2CCCOC2CNc2ccc(Cl)cn2)c1. The summed E-state index contributed by atoms with van der Waals surface area (Å²) < 4.78 is 5.89. The van der Waals surface area contributed by atoms with Crippen molar-refractivity contribution in [1.82, 2.24) is 24.9 Å². The lowest BCUT2D eigenvalue weighted by molar-refractivity contribution is -0.0691. The van der Waals surface area contributed by atoms with Gasteiger partial charge in [-0.1, -0.05) is 23.2 Å². The molecule has 4 rings (SSSR count). The molecule has 1 unspecified atom stereocenters. The van der Waals surface area contributed by atoms with Crippen molar-refractivity contribution in [3.8, 4) is 5.69 Å². The fourth-order valence-corrected chi connectivity index (χ4v) is 3.36. The highest BCUT2D eigenvalue weighted by Crippen LogP contribution is 2.21. The molecule has 1 aliphatic heterocycles. The Balaban J connectivity index is 1.56. The number of aromatic nitrogens is 4. The Morgan fingerprint density at radius 3 is 2.86 bits per heavy atom. The summed E-state index contributed by atoms with van der Waals surface area (Å²) in [4.78, 5) is 20.9. The van der Waals surface area contributed by atoms with Gasteiger partial charge in [-0.15, -0.1) is 0 Å². The van der Waals surface area contributed by atoms with Crippen LogP contribution >= 0.6 is 11.6 Å². The predicted molar refractivity (Wildman–Crippen MR) is 109 cm³/mol. The fraction of sp³-hybridized carbons (Fsp3) is 0.300. The van der Waals surface area contributed by atoms with E-state index < -0.39 is 6.23 Å². The van der Waals surface area contributed by atoms with Crippen LogP contribution in [-0.4, -0.2) is 56.7 Å². The number of ether oxygens (including phenoxy) is 1. The lowest BCUT2D eigenvalue weighted by Crippen LogP contribution is -2.50. The molecule has 0 spiro atoms. The van der Waals surface area contributed by atoms with Crippen molar-refractivity contribution in [2.75, 3.05) is 25.0 Å². The number of aryl methyl sites for hydroxylation is 1. The molecule has 3 aromatic rings. The zero-order valence-electron chi connectivity index (χ0n) is 16.0. The summed E-state index contributed by atoms with van der Waals surface area (Å²) in [7, 11) is 0. The molecule has 0 radical (unpaired) electrons. The third-order valence-corrected chi connectivity index (χ3v) is 4.89. The van der Waals surface area contributed by atoms with E-state index in [2.05, 4.69) is 20.5 Å². The molecule has 0 aliphatic carbocycles. The molecule has 3 heterocycles. The summed E-state index contributed by atoms with van der Waals surface area (Å²) in [5.41, 5.74) is 2.17. The molecule has 1 fully saturated rings. The van der Waals surface area contributed by atoms with Gasteiger partial charge in [-0.25, -0.2) is 4.98 Å². The van der Waals surface area contributed by atoms with Crippen molar-refractivity contribution in [3.63, 3.8) is 0 Å². The van der Waals surface area contributed by atoms with E-state index in [1.807, 2.05) is 25.1 Å². The number of carbonyl (C=O) groups is 1. The van der Waals surface area contributed by atoms with Crippen LogP contribution in [-0.2, 0) is 4.74 Å². The van der Waals surface area contributed by atoms with Crippen molar-refractivity contribution < 1.29 is 9.53 Å². The number of hydrogen-bond donors (Lipinski definition) is 1. The molecule has 29 heavy (non-hydrogen) atoms. The highest BCUT2D eigenvalue weighted by atomic mass is 35.5. The Morgan fingerprint density at radius 2 is 2.10 bits per heavy atom. The second-order valence-corrected chi connectivity index (χ2v) is 7.20. The van der Waals surface area contributed by atoms with Gasteiger partial charge in [0.15, 0.2) is 0 Å². The largest absolute Gasteiger partial charge is 0.366 e. The Kier molecular flexibility index (Phi) is 5.73. The lowest BCUT2D eigenvalue weighted by atomic mass is 10.1. The van der Waals surface area contributed by atoms with Crippen LogP contribution in [0.2, 0.25) is 5.02 Å². The number of nitrogens with one attached hydrogen (secondary N) is 1. The van der Waals surface area contributed by atoms with Crippen LogP contribution in [0.1, 0.15) is 22.3 Å². The number of hydrogen-bond acceptors (Lipinski definition) is 6. The highest BCUT2D eigenvalue weighted by Gasteiger charge is 2.30. The minimum Gasteiger partial charge on any atom is -0.366 e. The number of benzene rings is 1. The van der Waals surface area contributed by atoms with E-state index in [4.69, 9.17) is 16.3 Å². The summed E-state index contributed by atoms with van der Waals surface area (Å²) >= 11 is 5.88. The van der Waals surface area contributed by atoms with Gasteiger partial charge in [-0.05, 0) is 37.6 Å². The third kappa shape index (κ3) is 4.38. The van der Waals surface area contributed by atoms with E-state index in [-0.39, 0.29) is 5.91 Å². The monoisotopic (exact) mass is 412 g/mol. The number of halogens is 1. The third-order valence-electron chi connectivity index (χ3n) is 4.66. The van der Waals surface area contributed by atoms with Crippen LogP contribution in [0.15, 0.2) is 48.9 Å². The molecule has 0 bridgehead atoms. The predicted octanol–water partition coefficient (Wildman–Crippen LogP) is 2.92. The second kappa shape index (κ2) is 8.59. The van der Waals surface area contributed by atoms with Gasteiger partial charge >= 0.3 is 0 Å². The first-order valence-corrected chi connectivity index (χ1v) is 9.75. The van der Waals surface area contributed by atoms with E-state index in [1.165, 1.54) is 4.80 Å². The minimum absolute atomic E-state index is 0.114. The maximum absolute atomic E-state index is 13.5. The Hall–Kier alpha value is -2.97. The average molecular weight is 413 g/mol. The van der Waals surface area contributed by atoms with Crippen molar-refractivity contribution in [3.05, 3.63) is 65.1 Å². The van der Waals surface area contributed by atoms with Gasteiger partial charge in [-0.2, -0.15) is 15.0 Å². The molecule has 1 N–H and O–H groups in total. The summed E-state index contributed by atoms with van der Waals surface area (Å²) in [6.45, 7) is 3.58. The van der Waals surface area contributed by atoms with Gasteiger partial charge in [0.05, 0.1) is 41.8 Å². The van der Waals surface area contributed by atoms with Crippen LogP contribution in [0, 0.1) is 6.92 Å². The van der Waals surface area contributed by atoms with Gasteiger partial charge in [0.2, 0.25) is 0 Å². The van der Waals surface area contributed by atoms with Crippen molar-refractivity contribution >= 4 is 23.3 Å². The molecule has 1 aliphatic rings. The quantitative estimate of drug-likeness (QED) is 0.693. The smallest absolute Gasteiger partial charge is 0.258 e. The molecule has 0 saturated carbocycles. The summed E-state index contributed by atoms with van der Waals surface area (Å²) in [6.07, 6.45) is 5.12. The summed E-state index contributed by atoms with van der Waals surface area (Å²) in [5.74, 6) is 0.560. The van der Waals surface area contributed by atoms with Gasteiger partial charge in [-0.3, -0.25) is 4.79 Å². The number of carbonyl (C=O) groups excluding carboxylic acids is 1. The zero-order valence-corrected chi connectivity index (χ0v) is 16.7. The topological polar surface area (TPSA) is 85.2 Å². The van der Waals surface area contributed by atoms with Crippen LogP contribution in [0.3, 0.4) is 0 Å². The Labute approximate surface area is 173 Å². The van der Waals surface area contributed by atoms with E-state index in [0.717, 1.165) is 12.0 Å². The lowest BCUT2D eigenvalue weighted by Gasteiger charge is -2.36. The zero-order chi connectivity index (χ0) is 20.2. The molecule has 1 aromatic carbocycles. The highest BCUT2D eigenvalue weighted by molar-refractivity contribution is 6.30. The summed E-state index contributed by atoms with van der Waals surface area (Å²) in [6, 6.07) is 9.21. The number of rotatable bonds is 5. The molecule has 9 heteroatoms. The maximum Gasteiger partial charge on any atom is 0.258 e. The molecule has 8 nitrogen and oxygen atoms in total. The Bertz CT molecular complexity index is 977. The molecule has 1 atom stereocenters. The normalized spacial score (nSPS) is 16.6. The van der Waals surface area contributed by atoms with Crippen LogP contribution in [0.4, 0.5) is 5.82 Å². The van der Waals surface area contributed by atoms with E-state index >= 15 is 0 Å². The first-order chi connectivity index (χ1) is 14.1. The van der Waals surface area contributed by atoms with Gasteiger partial charge in [0.25, 0.3) is 5.91 Å². The van der Waals surface area contributed by atoms with Crippen LogP contribution < -0.4 is 5.32 Å². The molecule has 1 saturated heterocycles. The average Bonchev–Trinajstić information content (AvgIpc) is 3.28. The molecule has 2 aromatic heterocycles. The number of nitrogens with zero attached hydrogens (tertiary/aromatic N) is 5. The van der Waals surface area contributed by atoms with Crippen molar-refractivity contribution in [1.29, 1.82) is 0 Å². The standard InChI is InChI=1S/C20H21ClN6O2/c1-14-3-5-17(27-24-7-8-25-27)16(11-14)20(28)26-9-2-10-29-19(26)13-23-18-6-4-15(21)12-22-18/h3-8,11-12,19H,2,9-10,13H2,1H3,(H,22,23). The van der Waals surface area contributed by atoms with Gasteiger partial charge < -0.3 is 15.0 Å². The summed E-state index contributed by atoms with van der Waals surface area (Å²) in [5, 5.41) is 12.1. The fourth-order valence-electron chi connectivity index (χ4n) is 3.25. The Morgan fingerprint density at radius 1 is 1.28 bits per heavy atom. The number of anilines is 1.